The first-order valence-corrected chi connectivity index (χ1v) is 7.79. The molecule has 1 unspecified atom stereocenters. The Labute approximate surface area is 144 Å². The number of fused-ring (bicyclic) bond motifs is 1. The normalized spacial score (nSPS) is 16.1. The molecule has 0 radical (unpaired) electrons. The van der Waals surface area contributed by atoms with Crippen LogP contribution in [0.25, 0.3) is 0 Å². The minimum absolute atomic E-state index is 0.0902. The Bertz CT molecular complexity index is 775. The number of amides is 1. The van der Waals surface area contributed by atoms with E-state index in [9.17, 15) is 13.6 Å². The molecule has 0 fully saturated rings. The molecular weight excluding hydrogens is 328 g/mol. The van der Waals surface area contributed by atoms with Crippen molar-refractivity contribution in [1.29, 1.82) is 0 Å². The zero-order valence-electron chi connectivity index (χ0n) is 13.4. The summed E-state index contributed by atoms with van der Waals surface area (Å²) < 4.78 is 34.4. The van der Waals surface area contributed by atoms with E-state index in [-0.39, 0.29) is 24.0 Å². The van der Waals surface area contributed by atoms with Crippen LogP contribution < -0.4 is 14.8 Å². The Kier molecular flexibility index (Phi) is 4.97. The second kappa shape index (κ2) is 7.34. The summed E-state index contributed by atoms with van der Waals surface area (Å²) >= 11 is 0. The summed E-state index contributed by atoms with van der Waals surface area (Å²) in [6, 6.07) is 11.9. The second-order valence-electron chi connectivity index (χ2n) is 5.60. The Morgan fingerprint density at radius 2 is 1.92 bits per heavy atom. The molecule has 0 saturated heterocycles. The monoisotopic (exact) mass is 345 g/mol. The highest BCUT2D eigenvalue weighted by Crippen LogP contribution is 2.39. The van der Waals surface area contributed by atoms with Crippen LogP contribution in [0.1, 0.15) is 23.5 Å². The van der Waals surface area contributed by atoms with Gasteiger partial charge in [0.05, 0.1) is 0 Å². The lowest BCUT2D eigenvalue weighted by Gasteiger charge is -2.26. The van der Waals surface area contributed by atoms with Crippen LogP contribution in [0.4, 0.5) is 14.5 Å². The molecule has 2 aromatic carbocycles. The summed E-state index contributed by atoms with van der Waals surface area (Å²) in [7, 11) is 0. The van der Waals surface area contributed by atoms with Crippen LogP contribution in [0.5, 0.6) is 11.5 Å². The van der Waals surface area contributed by atoms with E-state index in [1.807, 2.05) is 12.1 Å². The summed E-state index contributed by atoms with van der Waals surface area (Å²) in [5.74, 6) is 0.469. The van der Waals surface area contributed by atoms with Crippen LogP contribution in [0.2, 0.25) is 0 Å². The van der Waals surface area contributed by atoms with E-state index in [1.54, 1.807) is 24.3 Å². The molecule has 0 bridgehead atoms. The van der Waals surface area contributed by atoms with E-state index in [4.69, 9.17) is 4.74 Å². The van der Waals surface area contributed by atoms with Gasteiger partial charge in [-0.05, 0) is 29.3 Å². The molecule has 1 aliphatic heterocycles. The predicted octanol–water partition coefficient (Wildman–Crippen LogP) is 4.33. The maximum absolute atomic E-state index is 12.3. The number of benzene rings is 2. The first-order valence-electron chi connectivity index (χ1n) is 7.79. The number of rotatable bonds is 6. The van der Waals surface area contributed by atoms with E-state index in [0.29, 0.717) is 18.0 Å². The van der Waals surface area contributed by atoms with Crippen LogP contribution in [0.15, 0.2) is 55.1 Å². The van der Waals surface area contributed by atoms with Gasteiger partial charge in [-0.2, -0.15) is 8.78 Å². The second-order valence-corrected chi connectivity index (χ2v) is 5.60. The summed E-state index contributed by atoms with van der Waals surface area (Å²) in [5, 5.41) is 2.85. The fraction of sp³-hybridized carbons (Fsp3) is 0.211. The van der Waals surface area contributed by atoms with Crippen LogP contribution >= 0.6 is 0 Å². The van der Waals surface area contributed by atoms with Gasteiger partial charge in [0.15, 0.2) is 0 Å². The third kappa shape index (κ3) is 3.96. The predicted molar refractivity (Wildman–Crippen MR) is 90.3 cm³/mol. The Morgan fingerprint density at radius 3 is 2.60 bits per heavy atom. The quantitative estimate of drug-likeness (QED) is 0.793. The number of hydrogen-bond acceptors (Lipinski definition) is 3. The number of carbonyl (C=O) groups is 1. The lowest BCUT2D eigenvalue weighted by molar-refractivity contribution is -0.116. The lowest BCUT2D eigenvalue weighted by Crippen LogP contribution is -2.23. The van der Waals surface area contributed by atoms with E-state index in [1.165, 1.54) is 12.1 Å². The molecular formula is C19H17F2NO3. The molecule has 0 aromatic heterocycles. The highest BCUT2D eigenvalue weighted by molar-refractivity contribution is 5.95. The SMILES string of the molecule is C=CCOc1ccc2c(c1)NC(=O)CC2c1ccc(OC(F)F)cc1. The largest absolute Gasteiger partial charge is 0.489 e. The van der Waals surface area contributed by atoms with Gasteiger partial charge >= 0.3 is 6.61 Å². The standard InChI is InChI=1S/C19H17F2NO3/c1-2-9-24-14-7-8-15-16(11-18(23)22-17(15)10-14)12-3-5-13(6-4-12)25-19(20)21/h2-8,10,16,19H,1,9,11H2,(H,22,23). The zero-order chi connectivity index (χ0) is 17.8. The van der Waals surface area contributed by atoms with Gasteiger partial charge in [0, 0.05) is 24.1 Å². The van der Waals surface area contributed by atoms with Crippen molar-refractivity contribution in [2.75, 3.05) is 11.9 Å². The van der Waals surface area contributed by atoms with Crippen LogP contribution in [0, 0.1) is 0 Å². The molecule has 3 rings (SSSR count). The van der Waals surface area contributed by atoms with E-state index < -0.39 is 6.61 Å². The fourth-order valence-electron chi connectivity index (χ4n) is 2.87. The molecule has 0 aliphatic carbocycles. The van der Waals surface area contributed by atoms with Gasteiger partial charge in [-0.3, -0.25) is 4.79 Å². The zero-order valence-corrected chi connectivity index (χ0v) is 13.4. The Hall–Kier alpha value is -2.89. The summed E-state index contributed by atoms with van der Waals surface area (Å²) in [5.41, 5.74) is 2.50. The van der Waals surface area contributed by atoms with Gasteiger partial charge < -0.3 is 14.8 Å². The molecule has 2 aromatic rings. The smallest absolute Gasteiger partial charge is 0.387 e. The summed E-state index contributed by atoms with van der Waals surface area (Å²) in [6.07, 6.45) is 1.93. The van der Waals surface area contributed by atoms with Crippen molar-refractivity contribution < 1.29 is 23.0 Å². The number of ether oxygens (including phenoxy) is 2. The number of halogens is 2. The lowest BCUT2D eigenvalue weighted by atomic mass is 9.85. The Morgan fingerprint density at radius 1 is 1.20 bits per heavy atom. The molecule has 1 atom stereocenters. The highest BCUT2D eigenvalue weighted by Gasteiger charge is 2.27. The van der Waals surface area contributed by atoms with Crippen molar-refractivity contribution in [3.63, 3.8) is 0 Å². The average molecular weight is 345 g/mol. The number of carbonyl (C=O) groups excluding carboxylic acids is 1. The van der Waals surface area contributed by atoms with Gasteiger partial charge in [-0.25, -0.2) is 0 Å². The van der Waals surface area contributed by atoms with Crippen LogP contribution in [-0.2, 0) is 4.79 Å². The first kappa shape index (κ1) is 17.0. The van der Waals surface area contributed by atoms with Crippen LogP contribution in [0.3, 0.4) is 0 Å². The van der Waals surface area contributed by atoms with Crippen molar-refractivity contribution >= 4 is 11.6 Å². The molecule has 1 amide bonds. The van der Waals surface area contributed by atoms with Crippen molar-refractivity contribution in [2.45, 2.75) is 19.0 Å². The van der Waals surface area contributed by atoms with Gasteiger partial charge in [0.2, 0.25) is 5.91 Å². The third-order valence-corrected chi connectivity index (χ3v) is 3.94. The Balaban J connectivity index is 1.88. The van der Waals surface area contributed by atoms with Gasteiger partial charge in [0.25, 0.3) is 0 Å². The van der Waals surface area contributed by atoms with E-state index in [0.717, 1.165) is 11.1 Å². The molecule has 1 N–H and O–H groups in total. The molecule has 6 heteroatoms. The fourth-order valence-corrected chi connectivity index (χ4v) is 2.87. The van der Waals surface area contributed by atoms with Gasteiger partial charge in [-0.1, -0.05) is 30.9 Å². The molecule has 1 heterocycles. The molecule has 4 nitrogen and oxygen atoms in total. The van der Waals surface area contributed by atoms with Crippen molar-refractivity contribution in [3.8, 4) is 11.5 Å². The van der Waals surface area contributed by atoms with Crippen LogP contribution in [-0.4, -0.2) is 19.1 Å². The number of anilines is 1. The third-order valence-electron chi connectivity index (χ3n) is 3.94. The maximum atomic E-state index is 12.3. The van der Waals surface area contributed by atoms with E-state index >= 15 is 0 Å². The number of hydrogen-bond donors (Lipinski definition) is 1. The maximum Gasteiger partial charge on any atom is 0.387 e. The molecule has 0 saturated carbocycles. The van der Waals surface area contributed by atoms with E-state index in [2.05, 4.69) is 16.6 Å². The molecule has 1 aliphatic rings. The first-order chi connectivity index (χ1) is 12.1. The molecule has 130 valence electrons. The average Bonchev–Trinajstić information content (AvgIpc) is 2.59. The van der Waals surface area contributed by atoms with Crippen molar-refractivity contribution in [3.05, 3.63) is 66.2 Å². The van der Waals surface area contributed by atoms with Gasteiger partial charge in [-0.15, -0.1) is 0 Å². The topological polar surface area (TPSA) is 47.6 Å². The molecule has 25 heavy (non-hydrogen) atoms. The van der Waals surface area contributed by atoms with Gasteiger partial charge in [0.1, 0.15) is 18.1 Å². The number of nitrogens with one attached hydrogen (secondary N) is 1. The summed E-state index contributed by atoms with van der Waals surface area (Å²) in [6.45, 7) is 1.12. The minimum atomic E-state index is -2.86. The highest BCUT2D eigenvalue weighted by atomic mass is 19.3. The molecule has 0 spiro atoms. The minimum Gasteiger partial charge on any atom is -0.489 e. The van der Waals surface area contributed by atoms with Crippen molar-refractivity contribution in [1.82, 2.24) is 0 Å². The number of alkyl halides is 2. The van der Waals surface area contributed by atoms with Crippen molar-refractivity contribution in [2.24, 2.45) is 0 Å². The summed E-state index contributed by atoms with van der Waals surface area (Å²) in [4.78, 5) is 12.1.